The van der Waals surface area contributed by atoms with E-state index >= 15 is 0 Å². The molecule has 0 radical (unpaired) electrons. The highest BCUT2D eigenvalue weighted by molar-refractivity contribution is 7.93. The predicted octanol–water partition coefficient (Wildman–Crippen LogP) is 3.88. The number of sulfone groups is 1. The number of carbonyl (C=O) groups excluding carboxylic acids is 1. The molecule has 7 heteroatoms. The number of nitrogens with one attached hydrogen (secondary N) is 1. The standard InChI is InChI=1S/C19H19ClFNO3S/c20-15-5-9-17(10-6-15)26(24,25)19(11-1-2-12-19)18(23)22-13-14-3-7-16(21)8-4-14/h3-10H,1-2,11-13H2,(H,22,23). The monoisotopic (exact) mass is 395 g/mol. The molecule has 0 unspecified atom stereocenters. The molecule has 0 heterocycles. The molecule has 1 fully saturated rings. The summed E-state index contributed by atoms with van der Waals surface area (Å²) in [5.41, 5.74) is 0.705. The van der Waals surface area contributed by atoms with Crippen molar-refractivity contribution in [3.63, 3.8) is 0 Å². The van der Waals surface area contributed by atoms with Crippen LogP contribution in [0, 0.1) is 5.82 Å². The van der Waals surface area contributed by atoms with Gasteiger partial charge in [0.15, 0.2) is 14.6 Å². The summed E-state index contributed by atoms with van der Waals surface area (Å²) in [6.45, 7) is 0.150. The quantitative estimate of drug-likeness (QED) is 0.835. The van der Waals surface area contributed by atoms with Crippen molar-refractivity contribution in [2.24, 2.45) is 0 Å². The molecule has 0 atom stereocenters. The summed E-state index contributed by atoms with van der Waals surface area (Å²) >= 11 is 5.85. The molecule has 1 amide bonds. The molecule has 26 heavy (non-hydrogen) atoms. The third-order valence-electron chi connectivity index (χ3n) is 4.83. The van der Waals surface area contributed by atoms with Gasteiger partial charge in [0.25, 0.3) is 0 Å². The zero-order chi connectivity index (χ0) is 18.8. The lowest BCUT2D eigenvalue weighted by molar-refractivity contribution is -0.123. The highest BCUT2D eigenvalue weighted by Crippen LogP contribution is 2.41. The number of benzene rings is 2. The summed E-state index contributed by atoms with van der Waals surface area (Å²) in [6.07, 6.45) is 1.92. The van der Waals surface area contributed by atoms with Gasteiger partial charge in [0.05, 0.1) is 4.90 Å². The molecular weight excluding hydrogens is 377 g/mol. The van der Waals surface area contributed by atoms with Gasteiger partial charge in [-0.05, 0) is 54.8 Å². The third-order valence-corrected chi connectivity index (χ3v) is 7.60. The minimum Gasteiger partial charge on any atom is -0.351 e. The Morgan fingerprint density at radius 3 is 2.19 bits per heavy atom. The van der Waals surface area contributed by atoms with Crippen LogP contribution >= 0.6 is 11.6 Å². The smallest absolute Gasteiger partial charge is 0.242 e. The van der Waals surface area contributed by atoms with Gasteiger partial charge < -0.3 is 5.32 Å². The van der Waals surface area contributed by atoms with Gasteiger partial charge in [0.1, 0.15) is 5.82 Å². The van der Waals surface area contributed by atoms with Crippen molar-refractivity contribution in [1.82, 2.24) is 5.32 Å². The highest BCUT2D eigenvalue weighted by Gasteiger charge is 2.52. The van der Waals surface area contributed by atoms with Crippen LogP contribution in [0.5, 0.6) is 0 Å². The van der Waals surface area contributed by atoms with E-state index in [1.165, 1.54) is 36.4 Å². The molecule has 4 nitrogen and oxygen atoms in total. The normalized spacial score (nSPS) is 16.4. The van der Waals surface area contributed by atoms with E-state index < -0.39 is 20.5 Å². The summed E-state index contributed by atoms with van der Waals surface area (Å²) in [6, 6.07) is 11.6. The summed E-state index contributed by atoms with van der Waals surface area (Å²) in [5, 5.41) is 3.16. The zero-order valence-corrected chi connectivity index (χ0v) is 15.6. The number of hydrogen-bond donors (Lipinski definition) is 1. The van der Waals surface area contributed by atoms with Crippen molar-refractivity contribution >= 4 is 27.3 Å². The van der Waals surface area contributed by atoms with Gasteiger partial charge in [0, 0.05) is 11.6 Å². The van der Waals surface area contributed by atoms with Crippen LogP contribution in [0.4, 0.5) is 4.39 Å². The van der Waals surface area contributed by atoms with E-state index in [1.807, 2.05) is 0 Å². The predicted molar refractivity (Wildman–Crippen MR) is 98.1 cm³/mol. The largest absolute Gasteiger partial charge is 0.351 e. The summed E-state index contributed by atoms with van der Waals surface area (Å²) < 4.78 is 37.9. The van der Waals surface area contributed by atoms with Crippen molar-refractivity contribution < 1.29 is 17.6 Å². The summed E-state index contributed by atoms with van der Waals surface area (Å²) in [7, 11) is -3.86. The van der Waals surface area contributed by atoms with Gasteiger partial charge in [-0.2, -0.15) is 0 Å². The van der Waals surface area contributed by atoms with Crippen molar-refractivity contribution in [3.8, 4) is 0 Å². The Hall–Kier alpha value is -1.92. The average Bonchev–Trinajstić information content (AvgIpc) is 3.13. The number of rotatable bonds is 5. The minimum atomic E-state index is -3.86. The first-order chi connectivity index (χ1) is 12.3. The second kappa shape index (κ2) is 7.37. The first-order valence-corrected chi connectivity index (χ1v) is 10.2. The van der Waals surface area contributed by atoms with Gasteiger partial charge in [-0.15, -0.1) is 0 Å². The number of hydrogen-bond acceptors (Lipinski definition) is 3. The van der Waals surface area contributed by atoms with E-state index in [2.05, 4.69) is 5.32 Å². The molecule has 2 aromatic carbocycles. The second-order valence-electron chi connectivity index (χ2n) is 6.47. The highest BCUT2D eigenvalue weighted by atomic mass is 35.5. The Labute approximate surface area is 157 Å². The van der Waals surface area contributed by atoms with Crippen LogP contribution in [0.15, 0.2) is 53.4 Å². The van der Waals surface area contributed by atoms with E-state index in [0.717, 1.165) is 0 Å². The van der Waals surface area contributed by atoms with Crippen LogP contribution in [0.25, 0.3) is 0 Å². The molecule has 1 saturated carbocycles. The van der Waals surface area contributed by atoms with Crippen molar-refractivity contribution in [1.29, 1.82) is 0 Å². The number of carbonyl (C=O) groups is 1. The first kappa shape index (κ1) is 18.9. The molecular formula is C19H19ClFNO3S. The molecule has 138 valence electrons. The van der Waals surface area contributed by atoms with Gasteiger partial charge in [-0.3, -0.25) is 4.79 Å². The fourth-order valence-corrected chi connectivity index (χ4v) is 5.56. The van der Waals surface area contributed by atoms with Gasteiger partial charge >= 0.3 is 0 Å². The maximum Gasteiger partial charge on any atom is 0.242 e. The van der Waals surface area contributed by atoms with Crippen LogP contribution in [0.1, 0.15) is 31.2 Å². The lowest BCUT2D eigenvalue weighted by atomic mass is 10.1. The molecule has 1 aliphatic rings. The van der Waals surface area contributed by atoms with E-state index in [4.69, 9.17) is 11.6 Å². The molecule has 1 N–H and O–H groups in total. The SMILES string of the molecule is O=C(NCc1ccc(F)cc1)C1(S(=O)(=O)c2ccc(Cl)cc2)CCCC1. The van der Waals surface area contributed by atoms with Gasteiger partial charge in [-0.1, -0.05) is 36.6 Å². The summed E-state index contributed by atoms with van der Waals surface area (Å²) in [5.74, 6) is -0.869. The Kier molecular flexibility index (Phi) is 5.34. The molecule has 0 aromatic heterocycles. The average molecular weight is 396 g/mol. The third kappa shape index (κ3) is 3.48. The second-order valence-corrected chi connectivity index (χ2v) is 9.16. The maximum absolute atomic E-state index is 13.2. The Balaban J connectivity index is 1.85. The topological polar surface area (TPSA) is 63.2 Å². The lowest BCUT2D eigenvalue weighted by Gasteiger charge is -2.27. The minimum absolute atomic E-state index is 0.0979. The van der Waals surface area contributed by atoms with Gasteiger partial charge in [-0.25, -0.2) is 12.8 Å². The maximum atomic E-state index is 13.2. The lowest BCUT2D eigenvalue weighted by Crippen LogP contribution is -2.50. The number of amides is 1. The van der Waals surface area contributed by atoms with Crippen LogP contribution < -0.4 is 5.32 Å². The molecule has 0 bridgehead atoms. The van der Waals surface area contributed by atoms with Crippen LogP contribution in [0.2, 0.25) is 5.02 Å². The molecule has 0 spiro atoms. The Bertz CT molecular complexity index is 889. The summed E-state index contributed by atoms with van der Waals surface area (Å²) in [4.78, 5) is 13.0. The van der Waals surface area contributed by atoms with Gasteiger partial charge in [0.2, 0.25) is 5.91 Å². The fraction of sp³-hybridized carbons (Fsp3) is 0.316. The van der Waals surface area contributed by atoms with Crippen LogP contribution in [0.3, 0.4) is 0 Å². The molecule has 0 aliphatic heterocycles. The van der Waals surface area contributed by atoms with E-state index in [9.17, 15) is 17.6 Å². The van der Waals surface area contributed by atoms with E-state index in [-0.39, 0.29) is 30.1 Å². The molecule has 0 saturated heterocycles. The molecule has 1 aliphatic carbocycles. The fourth-order valence-electron chi connectivity index (χ4n) is 3.35. The molecule has 3 rings (SSSR count). The Morgan fingerprint density at radius 2 is 1.62 bits per heavy atom. The van der Waals surface area contributed by atoms with E-state index in [0.29, 0.717) is 23.4 Å². The van der Waals surface area contributed by atoms with Crippen LogP contribution in [-0.2, 0) is 21.2 Å². The first-order valence-electron chi connectivity index (χ1n) is 8.38. The number of halogens is 2. The van der Waals surface area contributed by atoms with Crippen LogP contribution in [-0.4, -0.2) is 19.1 Å². The van der Waals surface area contributed by atoms with Crippen molar-refractivity contribution in [2.45, 2.75) is 41.9 Å². The van der Waals surface area contributed by atoms with Crippen molar-refractivity contribution in [2.75, 3.05) is 0 Å². The Morgan fingerprint density at radius 1 is 1.04 bits per heavy atom. The van der Waals surface area contributed by atoms with E-state index in [1.54, 1.807) is 12.1 Å². The zero-order valence-electron chi connectivity index (χ0n) is 14.0. The van der Waals surface area contributed by atoms with Crippen molar-refractivity contribution in [3.05, 3.63) is 64.9 Å². The molecule has 2 aromatic rings.